The number of aromatic nitrogens is 2. The third kappa shape index (κ3) is 4.81. The van der Waals surface area contributed by atoms with Gasteiger partial charge < -0.3 is 10.8 Å². The number of benzene rings is 2. The van der Waals surface area contributed by atoms with Crippen molar-refractivity contribution in [1.29, 1.82) is 0 Å². The first-order valence-electron chi connectivity index (χ1n) is 7.99. The quantitative estimate of drug-likeness (QED) is 0.640. The first-order valence-corrected chi connectivity index (χ1v) is 9.19. The Kier molecular flexibility index (Phi) is 7.55. The fraction of sp³-hybridized carbons (Fsp3) is 0.211. The molecule has 0 bridgehead atoms. The van der Waals surface area contributed by atoms with Crippen molar-refractivity contribution < 1.29 is 5.11 Å². The molecule has 0 aliphatic heterocycles. The zero-order chi connectivity index (χ0) is 17.8. The van der Waals surface area contributed by atoms with Crippen LogP contribution in [0.15, 0.2) is 64.5 Å². The van der Waals surface area contributed by atoms with Gasteiger partial charge in [-0.3, -0.25) is 4.68 Å². The van der Waals surface area contributed by atoms with Gasteiger partial charge in [0.15, 0.2) is 0 Å². The molecule has 0 saturated carbocycles. The number of nitrogens with two attached hydrogens (primary N) is 1. The highest BCUT2D eigenvalue weighted by molar-refractivity contribution is 7.99. The molecule has 0 saturated heterocycles. The van der Waals surface area contributed by atoms with Crippen LogP contribution in [-0.2, 0) is 13.5 Å². The maximum Gasteiger partial charge on any atom is 0.102 e. The van der Waals surface area contributed by atoms with Crippen molar-refractivity contribution in [3.05, 3.63) is 65.2 Å². The van der Waals surface area contributed by atoms with E-state index in [1.165, 1.54) is 0 Å². The summed E-state index contributed by atoms with van der Waals surface area (Å²) in [5.74, 6) is 0. The van der Waals surface area contributed by atoms with Crippen LogP contribution < -0.4 is 5.73 Å². The summed E-state index contributed by atoms with van der Waals surface area (Å²) in [6.45, 7) is -0.0613. The number of rotatable bonds is 6. The van der Waals surface area contributed by atoms with E-state index < -0.39 is 0 Å². The number of aliphatic hydroxyl groups excluding tert-OH is 1. The monoisotopic (exact) mass is 409 g/mol. The van der Waals surface area contributed by atoms with Crippen molar-refractivity contribution in [3.63, 3.8) is 0 Å². The molecule has 1 heterocycles. The van der Waals surface area contributed by atoms with Gasteiger partial charge in [-0.05, 0) is 30.7 Å². The first-order chi connectivity index (χ1) is 12.1. The van der Waals surface area contributed by atoms with Crippen LogP contribution in [0.1, 0.15) is 5.56 Å². The largest absolute Gasteiger partial charge is 0.395 e. The van der Waals surface area contributed by atoms with Crippen molar-refractivity contribution in [2.75, 3.05) is 6.61 Å². The Morgan fingerprint density at radius 3 is 2.42 bits per heavy atom. The minimum Gasteiger partial charge on any atom is -0.395 e. The van der Waals surface area contributed by atoms with Gasteiger partial charge in [0, 0.05) is 34.1 Å². The van der Waals surface area contributed by atoms with E-state index in [0.29, 0.717) is 11.4 Å². The molecule has 7 heteroatoms. The SMILES string of the molecule is Cl.Cn1nc(-c2ccccc2)c(CC(N)CO)c1Sc1ccc(Cl)cc1. The number of aryl methyl sites for hydroxylation is 1. The Morgan fingerprint density at radius 2 is 1.81 bits per heavy atom. The lowest BCUT2D eigenvalue weighted by molar-refractivity contribution is 0.265. The Balaban J connectivity index is 0.00000243. The standard InChI is InChI=1S/C19H20ClN3OS.ClH/c1-23-19(25-16-9-7-14(20)8-10-16)17(11-15(21)12-24)18(22-23)13-5-3-2-4-6-13;/h2-10,15,24H,11-12,21H2,1H3;1H. The topological polar surface area (TPSA) is 64.1 Å². The van der Waals surface area contributed by atoms with Crippen LogP contribution in [0, 0.1) is 0 Å². The molecule has 1 aromatic heterocycles. The van der Waals surface area contributed by atoms with E-state index in [4.69, 9.17) is 22.4 Å². The fourth-order valence-corrected chi connectivity index (χ4v) is 3.73. The number of halogens is 2. The second-order valence-electron chi connectivity index (χ2n) is 5.82. The van der Waals surface area contributed by atoms with Gasteiger partial charge in [0.2, 0.25) is 0 Å². The summed E-state index contributed by atoms with van der Waals surface area (Å²) < 4.78 is 1.88. The molecule has 3 N–H and O–H groups in total. The lowest BCUT2D eigenvalue weighted by atomic mass is 10.0. The van der Waals surface area contributed by atoms with Crippen molar-refractivity contribution in [3.8, 4) is 11.3 Å². The van der Waals surface area contributed by atoms with Crippen molar-refractivity contribution in [2.45, 2.75) is 22.4 Å². The fourth-order valence-electron chi connectivity index (χ4n) is 2.63. The smallest absolute Gasteiger partial charge is 0.102 e. The van der Waals surface area contributed by atoms with E-state index in [-0.39, 0.29) is 25.1 Å². The maximum absolute atomic E-state index is 9.40. The molecule has 3 aromatic rings. The molecule has 0 aliphatic rings. The van der Waals surface area contributed by atoms with Crippen LogP contribution in [0.3, 0.4) is 0 Å². The Labute approximate surface area is 168 Å². The Bertz CT molecular complexity index is 838. The van der Waals surface area contributed by atoms with E-state index in [0.717, 1.165) is 26.7 Å². The molecule has 0 fully saturated rings. The molecule has 0 amide bonds. The van der Waals surface area contributed by atoms with Crippen molar-refractivity contribution >= 4 is 35.8 Å². The minimum atomic E-state index is -0.323. The molecule has 2 aromatic carbocycles. The summed E-state index contributed by atoms with van der Waals surface area (Å²) in [6, 6.07) is 17.4. The van der Waals surface area contributed by atoms with Gasteiger partial charge in [0.25, 0.3) is 0 Å². The lowest BCUT2D eigenvalue weighted by Crippen LogP contribution is -2.27. The average Bonchev–Trinajstić information content (AvgIpc) is 2.93. The van der Waals surface area contributed by atoms with Gasteiger partial charge in [0.05, 0.1) is 12.3 Å². The van der Waals surface area contributed by atoms with Gasteiger partial charge in [-0.15, -0.1) is 12.4 Å². The predicted octanol–water partition coefficient (Wildman–Crippen LogP) is 4.18. The number of hydrogen-bond donors (Lipinski definition) is 2. The lowest BCUT2D eigenvalue weighted by Gasteiger charge is -2.11. The van der Waals surface area contributed by atoms with Gasteiger partial charge in [-0.25, -0.2) is 0 Å². The normalized spacial score (nSPS) is 11.8. The minimum absolute atomic E-state index is 0. The van der Waals surface area contributed by atoms with E-state index in [1.54, 1.807) is 11.8 Å². The van der Waals surface area contributed by atoms with E-state index in [1.807, 2.05) is 66.3 Å². The van der Waals surface area contributed by atoms with E-state index in [2.05, 4.69) is 0 Å². The second-order valence-corrected chi connectivity index (χ2v) is 7.32. The van der Waals surface area contributed by atoms with Crippen LogP contribution in [0.25, 0.3) is 11.3 Å². The van der Waals surface area contributed by atoms with Crippen LogP contribution in [-0.4, -0.2) is 27.5 Å². The third-order valence-electron chi connectivity index (χ3n) is 3.86. The van der Waals surface area contributed by atoms with Crippen LogP contribution >= 0.6 is 35.8 Å². The molecule has 26 heavy (non-hydrogen) atoms. The molecule has 1 unspecified atom stereocenters. The second kappa shape index (κ2) is 9.44. The van der Waals surface area contributed by atoms with Crippen LogP contribution in [0.4, 0.5) is 0 Å². The zero-order valence-electron chi connectivity index (χ0n) is 14.3. The summed E-state index contributed by atoms with van der Waals surface area (Å²) in [7, 11) is 1.93. The molecule has 0 radical (unpaired) electrons. The van der Waals surface area contributed by atoms with E-state index in [9.17, 15) is 5.11 Å². The first kappa shape index (κ1) is 20.8. The highest BCUT2D eigenvalue weighted by atomic mass is 35.5. The highest BCUT2D eigenvalue weighted by Gasteiger charge is 2.20. The molecule has 1 atom stereocenters. The maximum atomic E-state index is 9.40. The number of nitrogens with zero attached hydrogens (tertiary/aromatic N) is 2. The molecule has 3 rings (SSSR count). The van der Waals surface area contributed by atoms with E-state index >= 15 is 0 Å². The van der Waals surface area contributed by atoms with Crippen LogP contribution in [0.2, 0.25) is 5.02 Å². The Morgan fingerprint density at radius 1 is 1.15 bits per heavy atom. The van der Waals surface area contributed by atoms with Gasteiger partial charge in [-0.1, -0.05) is 53.7 Å². The Hall–Kier alpha value is -1.50. The summed E-state index contributed by atoms with van der Waals surface area (Å²) >= 11 is 7.60. The molecule has 4 nitrogen and oxygen atoms in total. The number of hydrogen-bond acceptors (Lipinski definition) is 4. The zero-order valence-corrected chi connectivity index (χ0v) is 16.7. The molecule has 138 valence electrons. The van der Waals surface area contributed by atoms with Gasteiger partial charge in [0.1, 0.15) is 5.03 Å². The van der Waals surface area contributed by atoms with Crippen molar-refractivity contribution in [2.24, 2.45) is 12.8 Å². The molecular formula is C19H21Cl2N3OS. The summed E-state index contributed by atoms with van der Waals surface area (Å²) in [5, 5.41) is 15.8. The molecule has 0 aliphatic carbocycles. The number of aliphatic hydroxyl groups is 1. The summed E-state index contributed by atoms with van der Waals surface area (Å²) in [5.41, 5.74) is 9.03. The van der Waals surface area contributed by atoms with Gasteiger partial charge >= 0.3 is 0 Å². The summed E-state index contributed by atoms with van der Waals surface area (Å²) in [4.78, 5) is 1.07. The third-order valence-corrected chi connectivity index (χ3v) is 5.33. The van der Waals surface area contributed by atoms with Gasteiger partial charge in [-0.2, -0.15) is 5.10 Å². The molecular weight excluding hydrogens is 389 g/mol. The molecule has 0 spiro atoms. The van der Waals surface area contributed by atoms with Crippen molar-refractivity contribution in [1.82, 2.24) is 9.78 Å². The summed E-state index contributed by atoms with van der Waals surface area (Å²) in [6.07, 6.45) is 0.560. The average molecular weight is 410 g/mol. The predicted molar refractivity (Wildman–Crippen MR) is 110 cm³/mol. The van der Waals surface area contributed by atoms with Crippen LogP contribution in [0.5, 0.6) is 0 Å². The highest BCUT2D eigenvalue weighted by Crippen LogP contribution is 2.36.